The highest BCUT2D eigenvalue weighted by Gasteiger charge is 2.13. The van der Waals surface area contributed by atoms with Crippen LogP contribution in [-0.2, 0) is 4.79 Å². The van der Waals surface area contributed by atoms with Crippen molar-refractivity contribution in [2.75, 3.05) is 11.1 Å². The summed E-state index contributed by atoms with van der Waals surface area (Å²) >= 11 is 6.86. The Labute approximate surface area is 135 Å². The van der Waals surface area contributed by atoms with Crippen LogP contribution in [0, 0.1) is 5.82 Å². The highest BCUT2D eigenvalue weighted by molar-refractivity contribution is 8.00. The monoisotopic (exact) mass is 338 g/mol. The molecule has 0 bridgehead atoms. The summed E-state index contributed by atoms with van der Waals surface area (Å²) in [5.74, 6) is -1.33. The number of hydrogen-bond acceptors (Lipinski definition) is 3. The molecule has 2 rings (SSSR count). The number of halogens is 2. The van der Waals surface area contributed by atoms with Crippen LogP contribution in [0.2, 0.25) is 5.02 Å². The number of thioether (sulfide) groups is 1. The van der Waals surface area contributed by atoms with E-state index in [1.807, 2.05) is 0 Å². The number of benzene rings is 2. The van der Waals surface area contributed by atoms with E-state index in [2.05, 4.69) is 5.32 Å². The number of nitrogens with one attached hydrogen (secondary N) is 1. The number of rotatable bonds is 5. The van der Waals surface area contributed by atoms with Gasteiger partial charge in [0.25, 0.3) is 5.91 Å². The number of carbonyl (C=O) groups excluding carboxylic acids is 2. The van der Waals surface area contributed by atoms with Crippen LogP contribution in [0.4, 0.5) is 10.1 Å². The molecule has 3 N–H and O–H groups in total. The molecule has 0 unspecified atom stereocenters. The molecule has 2 amide bonds. The van der Waals surface area contributed by atoms with E-state index in [1.165, 1.54) is 30.0 Å². The molecule has 22 heavy (non-hydrogen) atoms. The summed E-state index contributed by atoms with van der Waals surface area (Å²) in [6.07, 6.45) is 0. The summed E-state index contributed by atoms with van der Waals surface area (Å²) < 4.78 is 13.1. The molecule has 0 saturated heterocycles. The van der Waals surface area contributed by atoms with Gasteiger partial charge in [0.05, 0.1) is 16.3 Å². The summed E-state index contributed by atoms with van der Waals surface area (Å²) in [6.45, 7) is 0. The quantitative estimate of drug-likeness (QED) is 0.821. The second-order valence-corrected chi connectivity index (χ2v) is 5.76. The van der Waals surface area contributed by atoms with E-state index in [-0.39, 0.29) is 16.7 Å². The summed E-state index contributed by atoms with van der Waals surface area (Å²) in [5, 5.41) is 2.56. The fourth-order valence-corrected chi connectivity index (χ4v) is 2.67. The largest absolute Gasteiger partial charge is 0.369 e. The van der Waals surface area contributed by atoms with E-state index in [1.54, 1.807) is 24.3 Å². The first-order chi connectivity index (χ1) is 10.5. The fourth-order valence-electron chi connectivity index (χ4n) is 1.70. The number of carbonyl (C=O) groups is 2. The first-order valence-electron chi connectivity index (χ1n) is 6.24. The van der Waals surface area contributed by atoms with Gasteiger partial charge in [-0.05, 0) is 30.3 Å². The normalized spacial score (nSPS) is 10.3. The molecule has 114 valence electrons. The topological polar surface area (TPSA) is 72.2 Å². The zero-order valence-electron chi connectivity index (χ0n) is 11.3. The maximum absolute atomic E-state index is 13.1. The minimum absolute atomic E-state index is 0.0748. The standard InChI is InChI=1S/C15H12ClFN2O2S/c16-11-7-9(5-6-12(11)17)19-15(21)10-3-1-2-4-13(10)22-8-14(18)20/h1-7H,8H2,(H2,18,20)(H,19,21). The number of hydrogen-bond donors (Lipinski definition) is 2. The van der Waals surface area contributed by atoms with Gasteiger partial charge in [-0.3, -0.25) is 9.59 Å². The second-order valence-electron chi connectivity index (χ2n) is 4.33. The number of nitrogens with two attached hydrogens (primary N) is 1. The lowest BCUT2D eigenvalue weighted by molar-refractivity contribution is -0.115. The predicted octanol–water partition coefficient (Wildman–Crippen LogP) is 3.31. The second kappa shape index (κ2) is 7.29. The van der Waals surface area contributed by atoms with Gasteiger partial charge in [0.1, 0.15) is 5.82 Å². The maximum atomic E-state index is 13.1. The van der Waals surface area contributed by atoms with Crippen LogP contribution in [0.1, 0.15) is 10.4 Å². The molecule has 0 aromatic heterocycles. The molecular formula is C15H12ClFN2O2S. The zero-order chi connectivity index (χ0) is 16.1. The Morgan fingerprint density at radius 3 is 2.64 bits per heavy atom. The number of anilines is 1. The first-order valence-corrected chi connectivity index (χ1v) is 7.60. The van der Waals surface area contributed by atoms with Crippen LogP contribution in [0.25, 0.3) is 0 Å². The number of primary amides is 1. The molecule has 0 atom stereocenters. The highest BCUT2D eigenvalue weighted by Crippen LogP contribution is 2.24. The smallest absolute Gasteiger partial charge is 0.256 e. The minimum Gasteiger partial charge on any atom is -0.369 e. The molecule has 0 spiro atoms. The van der Waals surface area contributed by atoms with E-state index in [0.29, 0.717) is 16.1 Å². The third-order valence-corrected chi connectivity index (χ3v) is 4.06. The van der Waals surface area contributed by atoms with Crippen molar-refractivity contribution in [1.82, 2.24) is 0 Å². The lowest BCUT2D eigenvalue weighted by Crippen LogP contribution is -2.15. The Morgan fingerprint density at radius 1 is 1.23 bits per heavy atom. The minimum atomic E-state index is -0.558. The molecule has 0 fully saturated rings. The van der Waals surface area contributed by atoms with Crippen LogP contribution in [0.15, 0.2) is 47.4 Å². The number of amides is 2. The van der Waals surface area contributed by atoms with Crippen molar-refractivity contribution in [2.45, 2.75) is 4.90 Å². The van der Waals surface area contributed by atoms with Crippen molar-refractivity contribution in [1.29, 1.82) is 0 Å². The summed E-state index contributed by atoms with van der Waals surface area (Å²) in [6, 6.07) is 10.7. The first kappa shape index (κ1) is 16.3. The molecule has 0 heterocycles. The van der Waals surface area contributed by atoms with Crippen molar-refractivity contribution >= 4 is 40.9 Å². The van der Waals surface area contributed by atoms with Gasteiger partial charge in [-0.1, -0.05) is 23.7 Å². The van der Waals surface area contributed by atoms with E-state index in [0.717, 1.165) is 0 Å². The lowest BCUT2D eigenvalue weighted by atomic mass is 10.2. The van der Waals surface area contributed by atoms with Crippen molar-refractivity contribution in [3.8, 4) is 0 Å². The zero-order valence-corrected chi connectivity index (χ0v) is 12.9. The Hall–Kier alpha value is -2.05. The molecular weight excluding hydrogens is 327 g/mol. The van der Waals surface area contributed by atoms with Crippen molar-refractivity contribution in [2.24, 2.45) is 5.73 Å². The van der Waals surface area contributed by atoms with Crippen LogP contribution < -0.4 is 11.1 Å². The molecule has 0 aliphatic heterocycles. The van der Waals surface area contributed by atoms with Crippen LogP contribution in [0.5, 0.6) is 0 Å². The average molecular weight is 339 g/mol. The van der Waals surface area contributed by atoms with Gasteiger partial charge in [-0.25, -0.2) is 4.39 Å². The Morgan fingerprint density at radius 2 is 1.95 bits per heavy atom. The van der Waals surface area contributed by atoms with E-state index >= 15 is 0 Å². The molecule has 7 heteroatoms. The van der Waals surface area contributed by atoms with Gasteiger partial charge in [0.15, 0.2) is 0 Å². The van der Waals surface area contributed by atoms with E-state index in [4.69, 9.17) is 17.3 Å². The Kier molecular flexibility index (Phi) is 5.41. The molecule has 0 aliphatic carbocycles. The van der Waals surface area contributed by atoms with Crippen LogP contribution in [0.3, 0.4) is 0 Å². The van der Waals surface area contributed by atoms with Crippen molar-refractivity contribution in [3.05, 3.63) is 58.9 Å². The third kappa shape index (κ3) is 4.22. The Bertz CT molecular complexity index is 724. The van der Waals surface area contributed by atoms with E-state index < -0.39 is 11.7 Å². The summed E-state index contributed by atoms with van der Waals surface area (Å²) in [4.78, 5) is 23.8. The molecule has 0 aliphatic rings. The van der Waals surface area contributed by atoms with Gasteiger partial charge < -0.3 is 11.1 Å². The summed E-state index contributed by atoms with van der Waals surface area (Å²) in [7, 11) is 0. The molecule has 4 nitrogen and oxygen atoms in total. The predicted molar refractivity (Wildman–Crippen MR) is 85.7 cm³/mol. The summed E-state index contributed by atoms with van der Waals surface area (Å²) in [5.41, 5.74) is 5.89. The molecule has 2 aromatic carbocycles. The average Bonchev–Trinajstić information content (AvgIpc) is 2.49. The Balaban J connectivity index is 2.18. The van der Waals surface area contributed by atoms with Gasteiger partial charge in [-0.15, -0.1) is 11.8 Å². The van der Waals surface area contributed by atoms with Crippen LogP contribution in [-0.4, -0.2) is 17.6 Å². The van der Waals surface area contributed by atoms with Crippen molar-refractivity contribution in [3.63, 3.8) is 0 Å². The molecule has 2 aromatic rings. The maximum Gasteiger partial charge on any atom is 0.256 e. The third-order valence-electron chi connectivity index (χ3n) is 2.68. The SMILES string of the molecule is NC(=O)CSc1ccccc1C(=O)Nc1ccc(F)c(Cl)c1. The van der Waals surface area contributed by atoms with E-state index in [9.17, 15) is 14.0 Å². The highest BCUT2D eigenvalue weighted by atomic mass is 35.5. The molecule has 0 radical (unpaired) electrons. The van der Waals surface area contributed by atoms with Gasteiger partial charge >= 0.3 is 0 Å². The molecule has 0 saturated carbocycles. The van der Waals surface area contributed by atoms with Gasteiger partial charge in [0, 0.05) is 10.6 Å². The van der Waals surface area contributed by atoms with Crippen LogP contribution >= 0.6 is 23.4 Å². The van der Waals surface area contributed by atoms with Gasteiger partial charge in [0.2, 0.25) is 5.91 Å². The lowest BCUT2D eigenvalue weighted by Gasteiger charge is -2.09. The van der Waals surface area contributed by atoms with Crippen molar-refractivity contribution < 1.29 is 14.0 Å². The van der Waals surface area contributed by atoms with Gasteiger partial charge in [-0.2, -0.15) is 0 Å². The fraction of sp³-hybridized carbons (Fsp3) is 0.0667.